The quantitative estimate of drug-likeness (QED) is 0.0776. The van der Waals surface area contributed by atoms with Gasteiger partial charge in [0.2, 0.25) is 19.5 Å². The van der Waals surface area contributed by atoms with Gasteiger partial charge in [0.15, 0.2) is 0 Å². The lowest BCUT2D eigenvalue weighted by Gasteiger charge is -2.30. The van der Waals surface area contributed by atoms with Crippen molar-refractivity contribution in [3.63, 3.8) is 0 Å². The van der Waals surface area contributed by atoms with Crippen molar-refractivity contribution < 1.29 is 42.3 Å². The molecule has 1 amide bonds. The Bertz CT molecular complexity index is 1350. The molecule has 0 aliphatic heterocycles. The second-order valence-electron chi connectivity index (χ2n) is 13.2. The topological polar surface area (TPSA) is 118 Å². The molecule has 0 spiro atoms. The Balaban J connectivity index is 2.38. The summed E-state index contributed by atoms with van der Waals surface area (Å²) in [7, 11) is -4.33. The molecule has 0 aromatic heterocycles. The van der Waals surface area contributed by atoms with Crippen LogP contribution in [0.1, 0.15) is 97.0 Å². The van der Waals surface area contributed by atoms with Crippen molar-refractivity contribution in [1.29, 1.82) is 0 Å². The summed E-state index contributed by atoms with van der Waals surface area (Å²) in [5.41, 5.74) is -0.360. The van der Waals surface area contributed by atoms with Crippen molar-refractivity contribution in [1.82, 2.24) is 5.06 Å². The largest absolute Gasteiger partial charge is 0.438 e. The molecule has 10 nitrogen and oxygen atoms in total. The van der Waals surface area contributed by atoms with Crippen LogP contribution in [-0.4, -0.2) is 43.0 Å². The summed E-state index contributed by atoms with van der Waals surface area (Å²) in [5.74, 6) is -1.21. The third-order valence-electron chi connectivity index (χ3n) is 6.77. The maximum absolute atomic E-state index is 14.6. The molecule has 2 aromatic rings. The van der Waals surface area contributed by atoms with Crippen molar-refractivity contribution in [3.8, 4) is 0 Å². The predicted molar refractivity (Wildman–Crippen MR) is 177 cm³/mol. The summed E-state index contributed by atoms with van der Waals surface area (Å²) < 4.78 is 36.4. The van der Waals surface area contributed by atoms with E-state index in [1.54, 1.807) is 47.6 Å². The molecular weight excluding hydrogens is 656 g/mol. The Hall–Kier alpha value is -2.46. The van der Waals surface area contributed by atoms with Gasteiger partial charge < -0.3 is 9.47 Å². The van der Waals surface area contributed by atoms with Crippen LogP contribution in [0, 0.1) is 10.8 Å². The zero-order valence-electron chi connectivity index (χ0n) is 28.1. The fraction of sp³-hybridized carbons (Fsp3) is 0.545. The van der Waals surface area contributed by atoms with Gasteiger partial charge in [-0.15, -0.1) is 0 Å². The monoisotopic (exact) mass is 701 g/mol. The number of hydrogen-bond acceptors (Lipinski definition) is 9. The van der Waals surface area contributed by atoms with E-state index in [9.17, 15) is 18.9 Å². The van der Waals surface area contributed by atoms with Gasteiger partial charge in [0, 0.05) is 13.5 Å². The molecule has 0 heterocycles. The van der Waals surface area contributed by atoms with E-state index in [-0.39, 0.29) is 35.5 Å². The number of hydrogen-bond donors (Lipinski definition) is 0. The van der Waals surface area contributed by atoms with E-state index in [1.807, 2.05) is 24.3 Å². The number of ether oxygens (including phenoxy) is 2. The average Bonchev–Trinajstić information content (AvgIpc) is 2.95. The molecule has 2 rings (SSSR count). The predicted octanol–water partition coefficient (Wildman–Crippen LogP) is 8.85. The van der Waals surface area contributed by atoms with Crippen molar-refractivity contribution in [2.75, 3.05) is 20.1 Å². The Morgan fingerprint density at radius 2 is 1.30 bits per heavy atom. The van der Waals surface area contributed by atoms with E-state index >= 15 is 0 Å². The van der Waals surface area contributed by atoms with Crippen LogP contribution in [-0.2, 0) is 48.9 Å². The molecule has 0 saturated carbocycles. The van der Waals surface area contributed by atoms with E-state index in [4.69, 9.17) is 46.6 Å². The SMILES string of the molecule is CC(=O)N(CCC(c1ccc(Cl)c(Cl)c1)P(=O)(OCOC(=O)C(C)(C)C)OCOC(=O)C(C)(C)C)OCc1ccc(C(C)C)cc1. The molecule has 0 saturated heterocycles. The number of nitrogens with zero attached hydrogens (tertiary/aromatic N) is 1. The minimum atomic E-state index is -4.33. The van der Waals surface area contributed by atoms with Gasteiger partial charge in [-0.2, -0.15) is 0 Å². The number of hydroxylamine groups is 2. The lowest BCUT2D eigenvalue weighted by atomic mass is 9.98. The van der Waals surface area contributed by atoms with E-state index in [0.717, 1.165) is 10.6 Å². The number of esters is 2. The third-order valence-corrected chi connectivity index (χ3v) is 9.76. The minimum Gasteiger partial charge on any atom is -0.438 e. The number of halogens is 2. The smallest absolute Gasteiger partial charge is 0.343 e. The first-order valence-corrected chi connectivity index (χ1v) is 17.3. The fourth-order valence-electron chi connectivity index (χ4n) is 3.89. The van der Waals surface area contributed by atoms with Crippen LogP contribution in [0.15, 0.2) is 42.5 Å². The van der Waals surface area contributed by atoms with Gasteiger partial charge >= 0.3 is 19.5 Å². The summed E-state index contributed by atoms with van der Waals surface area (Å²) in [6, 6.07) is 12.5. The van der Waals surface area contributed by atoms with Gasteiger partial charge in [-0.3, -0.25) is 32.8 Å². The summed E-state index contributed by atoms with van der Waals surface area (Å²) in [4.78, 5) is 43.3. The van der Waals surface area contributed by atoms with E-state index in [2.05, 4.69) is 13.8 Å². The molecule has 0 radical (unpaired) electrons. The van der Waals surface area contributed by atoms with E-state index in [0.29, 0.717) is 11.5 Å². The van der Waals surface area contributed by atoms with Crippen LogP contribution in [0.25, 0.3) is 0 Å². The summed E-state index contributed by atoms with van der Waals surface area (Å²) in [6.45, 7) is 14.2. The highest BCUT2D eigenvalue weighted by Crippen LogP contribution is 2.63. The molecular formula is C33H46Cl2NO9P. The van der Waals surface area contributed by atoms with Crippen LogP contribution in [0.5, 0.6) is 0 Å². The van der Waals surface area contributed by atoms with Crippen molar-refractivity contribution in [3.05, 3.63) is 69.2 Å². The molecule has 0 N–H and O–H groups in total. The minimum absolute atomic E-state index is 0.0124. The average molecular weight is 703 g/mol. The van der Waals surface area contributed by atoms with Gasteiger partial charge in [0.05, 0.1) is 26.5 Å². The first-order valence-electron chi connectivity index (χ1n) is 14.9. The third kappa shape index (κ3) is 12.3. The van der Waals surface area contributed by atoms with Crippen molar-refractivity contribution >= 4 is 48.6 Å². The highest BCUT2D eigenvalue weighted by Gasteiger charge is 2.40. The highest BCUT2D eigenvalue weighted by atomic mass is 35.5. The maximum Gasteiger partial charge on any atom is 0.343 e. The standard InChI is InChI=1S/C33H46Cl2NO9P/c1-22(2)25-12-10-24(11-13-25)19-43-36(23(3)37)17-16-29(26-14-15-27(34)28(35)18-26)46(40,44-20-41-30(38)32(4,5)6)45-21-42-31(39)33(7,8)9/h10-15,18,22,29H,16-17,19-21H2,1-9H3. The molecule has 0 fully saturated rings. The summed E-state index contributed by atoms with van der Waals surface area (Å²) in [5, 5.41) is 1.60. The van der Waals surface area contributed by atoms with Crippen molar-refractivity contribution in [2.24, 2.45) is 10.8 Å². The van der Waals surface area contributed by atoms with Gasteiger partial charge in [-0.25, -0.2) is 5.06 Å². The first kappa shape index (κ1) is 39.7. The van der Waals surface area contributed by atoms with Gasteiger partial charge in [0.25, 0.3) is 0 Å². The number of amides is 1. The molecule has 1 atom stereocenters. The van der Waals surface area contributed by atoms with Crippen LogP contribution < -0.4 is 0 Å². The van der Waals surface area contributed by atoms with Crippen LogP contribution in [0.4, 0.5) is 0 Å². The second-order valence-corrected chi connectivity index (χ2v) is 16.2. The van der Waals surface area contributed by atoms with E-state index in [1.165, 1.54) is 24.6 Å². The molecule has 0 bridgehead atoms. The van der Waals surface area contributed by atoms with Crippen LogP contribution in [0.2, 0.25) is 10.0 Å². The highest BCUT2D eigenvalue weighted by molar-refractivity contribution is 7.54. The van der Waals surface area contributed by atoms with Gasteiger partial charge in [-0.05, 0) is 82.7 Å². The number of carbonyl (C=O) groups is 3. The van der Waals surface area contributed by atoms with Gasteiger partial charge in [0.1, 0.15) is 6.61 Å². The molecule has 46 heavy (non-hydrogen) atoms. The molecule has 13 heteroatoms. The second kappa shape index (κ2) is 17.1. The zero-order valence-corrected chi connectivity index (χ0v) is 30.5. The molecule has 256 valence electrons. The number of rotatable bonds is 15. The Morgan fingerprint density at radius 1 is 0.804 bits per heavy atom. The number of carbonyl (C=O) groups excluding carboxylic acids is 3. The zero-order chi connectivity index (χ0) is 34.9. The number of benzene rings is 2. The summed E-state index contributed by atoms with van der Waals surface area (Å²) in [6.07, 6.45) is -0.0124. The van der Waals surface area contributed by atoms with Crippen LogP contribution >= 0.6 is 30.8 Å². The summed E-state index contributed by atoms with van der Waals surface area (Å²) >= 11 is 12.5. The Morgan fingerprint density at radius 3 is 1.74 bits per heavy atom. The molecule has 2 aromatic carbocycles. The molecule has 0 aliphatic rings. The normalized spacial score (nSPS) is 13.0. The molecule has 1 unspecified atom stereocenters. The first-order chi connectivity index (χ1) is 21.2. The van der Waals surface area contributed by atoms with Crippen LogP contribution in [0.3, 0.4) is 0 Å². The van der Waals surface area contributed by atoms with E-state index < -0.39 is 49.6 Å². The Labute approximate surface area is 282 Å². The fourth-order valence-corrected chi connectivity index (χ4v) is 5.99. The lowest BCUT2D eigenvalue weighted by Crippen LogP contribution is -2.31. The van der Waals surface area contributed by atoms with Gasteiger partial charge in [-0.1, -0.05) is 67.4 Å². The maximum atomic E-state index is 14.6. The molecule has 0 aliphatic carbocycles. The lowest BCUT2D eigenvalue weighted by molar-refractivity contribution is -0.189. The Kier molecular flexibility index (Phi) is 14.8. The van der Waals surface area contributed by atoms with Crippen molar-refractivity contribution in [2.45, 2.75) is 86.9 Å².